The number of amides is 1. The lowest BCUT2D eigenvalue weighted by Crippen LogP contribution is -2.51. The fraction of sp³-hybridized carbons (Fsp3) is 0.611. The summed E-state index contributed by atoms with van der Waals surface area (Å²) in [4.78, 5) is 35.8. The van der Waals surface area contributed by atoms with Crippen molar-refractivity contribution in [1.29, 1.82) is 0 Å². The Kier molecular flexibility index (Phi) is 3.70. The van der Waals surface area contributed by atoms with Gasteiger partial charge in [0.25, 0.3) is 5.91 Å². The first-order chi connectivity index (χ1) is 11.6. The third-order valence-electron chi connectivity index (χ3n) is 6.13. The first-order valence-corrected chi connectivity index (χ1v) is 8.95. The van der Waals surface area contributed by atoms with Gasteiger partial charge in [-0.2, -0.15) is 0 Å². The van der Waals surface area contributed by atoms with Crippen LogP contribution in [0.3, 0.4) is 0 Å². The van der Waals surface area contributed by atoms with Gasteiger partial charge in [-0.05, 0) is 36.7 Å². The third kappa shape index (κ3) is 2.54. The van der Waals surface area contributed by atoms with Crippen molar-refractivity contribution < 1.29 is 4.79 Å². The summed E-state index contributed by atoms with van der Waals surface area (Å²) < 4.78 is 0. The topological polar surface area (TPSA) is 81.8 Å². The second-order valence-electron chi connectivity index (χ2n) is 7.54. The van der Waals surface area contributed by atoms with E-state index in [0.29, 0.717) is 28.1 Å². The van der Waals surface area contributed by atoms with E-state index in [0.717, 1.165) is 19.5 Å². The number of fused-ring (bicyclic) bond motifs is 1. The second kappa shape index (κ2) is 5.76. The van der Waals surface area contributed by atoms with Gasteiger partial charge in [-0.15, -0.1) is 0 Å². The maximum atomic E-state index is 13.0. The van der Waals surface area contributed by atoms with E-state index in [-0.39, 0.29) is 11.6 Å². The Morgan fingerprint density at radius 2 is 2.08 bits per heavy atom. The van der Waals surface area contributed by atoms with Gasteiger partial charge in [0.05, 0.1) is 11.1 Å². The van der Waals surface area contributed by atoms with Crippen molar-refractivity contribution in [2.75, 3.05) is 13.1 Å². The SMILES string of the molecule is CC1CCN(C(=O)c2cnc3[nH]c(=O)[nH]c3c2)CC12CCCCC2. The number of carbonyl (C=O) groups excluding carboxylic acids is 1. The molecule has 1 aliphatic heterocycles. The van der Waals surface area contributed by atoms with Crippen LogP contribution in [0.25, 0.3) is 11.2 Å². The number of nitrogens with zero attached hydrogens (tertiary/aromatic N) is 2. The summed E-state index contributed by atoms with van der Waals surface area (Å²) in [7, 11) is 0. The number of carbonyl (C=O) groups is 1. The highest BCUT2D eigenvalue weighted by atomic mass is 16.2. The molecule has 1 unspecified atom stereocenters. The summed E-state index contributed by atoms with van der Waals surface area (Å²) >= 11 is 0. The van der Waals surface area contributed by atoms with E-state index in [1.807, 2.05) is 4.90 Å². The molecule has 2 aromatic heterocycles. The van der Waals surface area contributed by atoms with Crippen LogP contribution in [-0.2, 0) is 0 Å². The molecule has 2 aromatic rings. The lowest BCUT2D eigenvalue weighted by Gasteiger charge is -2.49. The second-order valence-corrected chi connectivity index (χ2v) is 7.54. The molecule has 1 atom stereocenters. The zero-order valence-electron chi connectivity index (χ0n) is 14.1. The third-order valence-corrected chi connectivity index (χ3v) is 6.13. The largest absolute Gasteiger partial charge is 0.338 e. The molecule has 2 N–H and O–H groups in total. The fourth-order valence-corrected chi connectivity index (χ4v) is 4.57. The molecule has 1 saturated carbocycles. The molecule has 6 heteroatoms. The minimum atomic E-state index is -0.296. The first kappa shape index (κ1) is 15.4. The van der Waals surface area contributed by atoms with Gasteiger partial charge >= 0.3 is 5.69 Å². The number of hydrogen-bond acceptors (Lipinski definition) is 3. The molecule has 1 saturated heterocycles. The zero-order chi connectivity index (χ0) is 16.7. The fourth-order valence-electron chi connectivity index (χ4n) is 4.57. The van der Waals surface area contributed by atoms with Crippen LogP contribution in [0.15, 0.2) is 17.1 Å². The van der Waals surface area contributed by atoms with Gasteiger partial charge in [0.1, 0.15) is 0 Å². The van der Waals surface area contributed by atoms with Crippen LogP contribution in [0.5, 0.6) is 0 Å². The van der Waals surface area contributed by atoms with E-state index in [4.69, 9.17) is 0 Å². The number of piperidine rings is 1. The predicted molar refractivity (Wildman–Crippen MR) is 91.9 cm³/mol. The minimum Gasteiger partial charge on any atom is -0.338 e. The lowest BCUT2D eigenvalue weighted by molar-refractivity contribution is 0.00682. The summed E-state index contributed by atoms with van der Waals surface area (Å²) in [6, 6.07) is 1.73. The maximum Gasteiger partial charge on any atom is 0.325 e. The summed E-state index contributed by atoms with van der Waals surface area (Å²) in [5.74, 6) is 0.715. The number of pyridine rings is 1. The molecule has 3 heterocycles. The summed E-state index contributed by atoms with van der Waals surface area (Å²) in [6.07, 6.45) is 9.00. The van der Waals surface area contributed by atoms with Gasteiger partial charge in [-0.1, -0.05) is 26.2 Å². The molecular formula is C18H24N4O2. The number of likely N-dealkylation sites (tertiary alicyclic amines) is 1. The molecule has 1 spiro atoms. The van der Waals surface area contributed by atoms with E-state index >= 15 is 0 Å². The standard InChI is InChI=1S/C18H24N4O2/c1-12-5-8-22(11-18(12)6-3-2-4-7-18)16(23)13-9-14-15(19-10-13)21-17(24)20-14/h9-10,12H,2-8,11H2,1H3,(H2,19,20,21,24). The van der Waals surface area contributed by atoms with Crippen LogP contribution in [0, 0.1) is 11.3 Å². The Hall–Kier alpha value is -2.11. The normalized spacial score (nSPS) is 23.7. The molecule has 0 aromatic carbocycles. The van der Waals surface area contributed by atoms with E-state index in [1.165, 1.54) is 32.1 Å². The van der Waals surface area contributed by atoms with E-state index in [1.54, 1.807) is 12.3 Å². The molecule has 0 bridgehead atoms. The summed E-state index contributed by atoms with van der Waals surface area (Å²) in [5, 5.41) is 0. The van der Waals surface area contributed by atoms with Crippen LogP contribution >= 0.6 is 0 Å². The Balaban J connectivity index is 1.59. The van der Waals surface area contributed by atoms with Crippen molar-refractivity contribution >= 4 is 17.1 Å². The van der Waals surface area contributed by atoms with Gasteiger partial charge in [0, 0.05) is 19.3 Å². The molecule has 24 heavy (non-hydrogen) atoms. The van der Waals surface area contributed by atoms with E-state index in [2.05, 4.69) is 21.9 Å². The number of imidazole rings is 1. The molecular weight excluding hydrogens is 304 g/mol. The number of aromatic amines is 2. The van der Waals surface area contributed by atoms with Crippen LogP contribution in [0.4, 0.5) is 0 Å². The van der Waals surface area contributed by atoms with E-state index in [9.17, 15) is 9.59 Å². The van der Waals surface area contributed by atoms with Gasteiger partial charge in [0.15, 0.2) is 5.65 Å². The molecule has 128 valence electrons. The Morgan fingerprint density at radius 1 is 1.29 bits per heavy atom. The average Bonchev–Trinajstić information content (AvgIpc) is 2.97. The zero-order valence-corrected chi connectivity index (χ0v) is 14.1. The van der Waals surface area contributed by atoms with Crippen LogP contribution < -0.4 is 5.69 Å². The van der Waals surface area contributed by atoms with Crippen molar-refractivity contribution in [3.63, 3.8) is 0 Å². The number of rotatable bonds is 1. The molecule has 6 nitrogen and oxygen atoms in total. The van der Waals surface area contributed by atoms with Gasteiger partial charge < -0.3 is 9.88 Å². The maximum absolute atomic E-state index is 13.0. The van der Waals surface area contributed by atoms with E-state index < -0.39 is 0 Å². The predicted octanol–water partition coefficient (Wildman–Crippen LogP) is 2.68. The van der Waals surface area contributed by atoms with Crippen molar-refractivity contribution in [2.24, 2.45) is 11.3 Å². The highest BCUT2D eigenvalue weighted by Crippen LogP contribution is 2.47. The quantitative estimate of drug-likeness (QED) is 0.844. The highest BCUT2D eigenvalue weighted by Gasteiger charge is 2.42. The first-order valence-electron chi connectivity index (χ1n) is 8.95. The minimum absolute atomic E-state index is 0.0308. The Morgan fingerprint density at radius 3 is 2.88 bits per heavy atom. The molecule has 1 aliphatic carbocycles. The van der Waals surface area contributed by atoms with Crippen molar-refractivity contribution in [3.05, 3.63) is 28.3 Å². The number of H-pyrrole nitrogens is 2. The molecule has 1 amide bonds. The van der Waals surface area contributed by atoms with Crippen LogP contribution in [0.1, 0.15) is 55.8 Å². The molecule has 2 fully saturated rings. The van der Waals surface area contributed by atoms with Gasteiger partial charge in [0.2, 0.25) is 0 Å². The molecule has 0 radical (unpaired) electrons. The number of nitrogens with one attached hydrogen (secondary N) is 2. The van der Waals surface area contributed by atoms with Crippen molar-refractivity contribution in [3.8, 4) is 0 Å². The Labute approximate surface area is 140 Å². The summed E-state index contributed by atoms with van der Waals surface area (Å²) in [5.41, 5.74) is 1.64. The van der Waals surface area contributed by atoms with Crippen molar-refractivity contribution in [2.45, 2.75) is 45.4 Å². The van der Waals surface area contributed by atoms with Crippen LogP contribution in [0.2, 0.25) is 0 Å². The average molecular weight is 328 g/mol. The van der Waals surface area contributed by atoms with Gasteiger partial charge in [-0.3, -0.25) is 9.78 Å². The van der Waals surface area contributed by atoms with Gasteiger partial charge in [-0.25, -0.2) is 9.78 Å². The Bertz CT molecular complexity index is 816. The lowest BCUT2D eigenvalue weighted by atomic mass is 9.63. The molecule has 4 rings (SSSR count). The smallest absolute Gasteiger partial charge is 0.325 e. The highest BCUT2D eigenvalue weighted by molar-refractivity contribution is 5.96. The number of aromatic nitrogens is 3. The van der Waals surface area contributed by atoms with Crippen molar-refractivity contribution in [1.82, 2.24) is 19.9 Å². The summed E-state index contributed by atoms with van der Waals surface area (Å²) in [6.45, 7) is 4.02. The monoisotopic (exact) mass is 328 g/mol. The number of hydrogen-bond donors (Lipinski definition) is 2. The van der Waals surface area contributed by atoms with Crippen LogP contribution in [-0.4, -0.2) is 38.8 Å². The molecule has 2 aliphatic rings.